The first kappa shape index (κ1) is 23.9. The molecule has 4 aromatic rings. The van der Waals surface area contributed by atoms with Gasteiger partial charge in [0.25, 0.3) is 0 Å². The van der Waals surface area contributed by atoms with E-state index in [9.17, 15) is 4.79 Å². The van der Waals surface area contributed by atoms with E-state index in [1.54, 1.807) is 0 Å². The third-order valence-corrected chi connectivity index (χ3v) is 8.16. The number of para-hydroxylation sites is 1. The van der Waals surface area contributed by atoms with Gasteiger partial charge in [-0.15, -0.1) is 0 Å². The Morgan fingerprint density at radius 1 is 1.00 bits per heavy atom. The van der Waals surface area contributed by atoms with E-state index in [0.717, 1.165) is 83.7 Å². The van der Waals surface area contributed by atoms with Crippen molar-refractivity contribution in [2.24, 2.45) is 0 Å². The highest BCUT2D eigenvalue weighted by Gasteiger charge is 2.36. The molecule has 1 aliphatic carbocycles. The summed E-state index contributed by atoms with van der Waals surface area (Å²) in [6.45, 7) is 3.92. The van der Waals surface area contributed by atoms with Gasteiger partial charge in [-0.3, -0.25) is 4.79 Å². The molecule has 7 nitrogen and oxygen atoms in total. The van der Waals surface area contributed by atoms with Crippen LogP contribution in [0.1, 0.15) is 74.3 Å². The number of imidazole rings is 1. The Morgan fingerprint density at radius 2 is 1.78 bits per heavy atom. The highest BCUT2D eigenvalue weighted by atomic mass is 16.5. The van der Waals surface area contributed by atoms with Crippen LogP contribution in [-0.2, 0) is 9.53 Å². The molecule has 2 aliphatic rings. The van der Waals surface area contributed by atoms with E-state index < -0.39 is 0 Å². The minimum Gasteiger partial charge on any atom is -0.381 e. The average Bonchev–Trinajstić information content (AvgIpc) is 3.47. The van der Waals surface area contributed by atoms with Crippen LogP contribution in [0.15, 0.2) is 53.1 Å². The smallest absolute Gasteiger partial charge is 0.227 e. The number of nitrogens with zero attached hydrogens (tertiary/aromatic N) is 4. The summed E-state index contributed by atoms with van der Waals surface area (Å²) in [6.07, 6.45) is 6.79. The molecule has 0 spiro atoms. The number of aromatic nitrogens is 3. The molecule has 6 rings (SSSR count). The fourth-order valence-corrected chi connectivity index (χ4v) is 6.35. The lowest BCUT2D eigenvalue weighted by atomic mass is 9.91. The summed E-state index contributed by atoms with van der Waals surface area (Å²) in [4.78, 5) is 20.6. The molecule has 0 bridgehead atoms. The van der Waals surface area contributed by atoms with Gasteiger partial charge in [0, 0.05) is 30.8 Å². The maximum atomic E-state index is 13.3. The lowest BCUT2D eigenvalue weighted by Crippen LogP contribution is -2.40. The number of ether oxygens (including phenoxy) is 1. The van der Waals surface area contributed by atoms with Crippen molar-refractivity contribution in [3.63, 3.8) is 0 Å². The Morgan fingerprint density at radius 3 is 2.49 bits per heavy atom. The van der Waals surface area contributed by atoms with Gasteiger partial charge in [-0.25, -0.2) is 4.98 Å². The van der Waals surface area contributed by atoms with Crippen molar-refractivity contribution in [2.75, 3.05) is 12.0 Å². The van der Waals surface area contributed by atoms with Gasteiger partial charge in [0.1, 0.15) is 11.6 Å². The van der Waals surface area contributed by atoms with Crippen molar-refractivity contribution in [3.8, 4) is 11.1 Å². The topological polar surface area (TPSA) is 73.4 Å². The fourth-order valence-electron chi connectivity index (χ4n) is 6.35. The van der Waals surface area contributed by atoms with Crippen LogP contribution in [-0.4, -0.2) is 33.8 Å². The van der Waals surface area contributed by atoms with Crippen LogP contribution < -0.4 is 4.90 Å². The predicted octanol–water partition coefficient (Wildman–Crippen LogP) is 6.70. The lowest BCUT2D eigenvalue weighted by Gasteiger charge is -2.37. The van der Waals surface area contributed by atoms with Crippen molar-refractivity contribution < 1.29 is 14.1 Å². The Bertz CT molecular complexity index is 1400. The van der Waals surface area contributed by atoms with Gasteiger partial charge < -0.3 is 18.7 Å². The Balaban J connectivity index is 1.50. The molecule has 3 heterocycles. The van der Waals surface area contributed by atoms with Crippen LogP contribution in [0.25, 0.3) is 22.2 Å². The van der Waals surface area contributed by atoms with Crippen molar-refractivity contribution in [3.05, 3.63) is 65.8 Å². The minimum atomic E-state index is -0.0984. The molecule has 0 radical (unpaired) electrons. The van der Waals surface area contributed by atoms with E-state index in [1.165, 1.54) is 0 Å². The highest BCUT2D eigenvalue weighted by molar-refractivity contribution is 5.95. The number of carbonyl (C=O) groups is 1. The first-order valence-electron chi connectivity index (χ1n) is 13.4. The second kappa shape index (κ2) is 9.78. The van der Waals surface area contributed by atoms with Crippen LogP contribution in [0, 0.1) is 13.8 Å². The van der Waals surface area contributed by atoms with Crippen LogP contribution in [0.4, 0.5) is 5.69 Å². The minimum absolute atomic E-state index is 0.0984. The van der Waals surface area contributed by atoms with Gasteiger partial charge in [-0.05, 0) is 82.2 Å². The number of anilines is 1. The average molecular weight is 499 g/mol. The molecule has 0 unspecified atom stereocenters. The number of hydrogen-bond donors (Lipinski definition) is 0. The van der Waals surface area contributed by atoms with Gasteiger partial charge in [0.2, 0.25) is 5.91 Å². The zero-order chi connectivity index (χ0) is 25.5. The van der Waals surface area contributed by atoms with Crippen molar-refractivity contribution in [1.82, 2.24) is 14.7 Å². The second-order valence-corrected chi connectivity index (χ2v) is 10.4. The third kappa shape index (κ3) is 4.25. The van der Waals surface area contributed by atoms with Gasteiger partial charge in [-0.1, -0.05) is 29.4 Å². The summed E-state index contributed by atoms with van der Waals surface area (Å²) >= 11 is 0. The van der Waals surface area contributed by atoms with E-state index in [1.807, 2.05) is 56.2 Å². The fraction of sp³-hybridized carbons (Fsp3) is 0.433. The van der Waals surface area contributed by atoms with E-state index in [0.29, 0.717) is 18.6 Å². The molecule has 1 amide bonds. The molecule has 7 heteroatoms. The lowest BCUT2D eigenvalue weighted by molar-refractivity contribution is -0.120. The molecule has 2 aromatic heterocycles. The van der Waals surface area contributed by atoms with Gasteiger partial charge >= 0.3 is 0 Å². The number of amides is 1. The summed E-state index contributed by atoms with van der Waals surface area (Å²) < 4.78 is 13.6. The SMILES string of the molecule is COC1CCC(n2c([C@@H]3CCCC(=O)N3c3ccccc3)nc3cc(-c4c(C)noc4C)ccc32)CC1. The van der Waals surface area contributed by atoms with Gasteiger partial charge in [0.05, 0.1) is 28.9 Å². The summed E-state index contributed by atoms with van der Waals surface area (Å²) in [5.74, 6) is 1.96. The first-order valence-corrected chi connectivity index (χ1v) is 13.4. The summed E-state index contributed by atoms with van der Waals surface area (Å²) in [6, 6.07) is 16.8. The van der Waals surface area contributed by atoms with E-state index in [-0.39, 0.29) is 11.9 Å². The summed E-state index contributed by atoms with van der Waals surface area (Å²) in [5, 5.41) is 4.15. The molecule has 1 atom stereocenters. The normalized spacial score (nSPS) is 22.6. The molecule has 1 aliphatic heterocycles. The number of carbonyl (C=O) groups excluding carboxylic acids is 1. The van der Waals surface area contributed by atoms with Crippen LogP contribution >= 0.6 is 0 Å². The zero-order valence-electron chi connectivity index (χ0n) is 21.8. The second-order valence-electron chi connectivity index (χ2n) is 10.4. The van der Waals surface area contributed by atoms with Crippen molar-refractivity contribution in [2.45, 2.75) is 77.0 Å². The van der Waals surface area contributed by atoms with Gasteiger partial charge in [-0.2, -0.15) is 0 Å². The standard InChI is InChI=1S/C30H34N4O3/c1-19-29(20(2)37-32-19)21-12-17-26-25(18-21)31-30(34(26)23-13-15-24(36-3)16-14-23)27-10-7-11-28(35)33(27)22-8-5-4-6-9-22/h4-6,8-9,12,17-18,23-24,27H,7,10-11,13-16H2,1-3H3/t23?,24?,27-/m0/s1. The molecule has 2 fully saturated rings. The Kier molecular flexibility index (Phi) is 6.32. The van der Waals surface area contributed by atoms with Crippen LogP contribution in [0.3, 0.4) is 0 Å². The van der Waals surface area contributed by atoms with E-state index >= 15 is 0 Å². The quantitative estimate of drug-likeness (QED) is 0.306. The maximum absolute atomic E-state index is 13.3. The first-order chi connectivity index (χ1) is 18.0. The van der Waals surface area contributed by atoms with E-state index in [4.69, 9.17) is 14.2 Å². The summed E-state index contributed by atoms with van der Waals surface area (Å²) in [5.41, 5.74) is 5.97. The Hall–Kier alpha value is -3.45. The number of fused-ring (bicyclic) bond motifs is 1. The van der Waals surface area contributed by atoms with Crippen LogP contribution in [0.2, 0.25) is 0 Å². The molecule has 0 N–H and O–H groups in total. The third-order valence-electron chi connectivity index (χ3n) is 8.16. The van der Waals surface area contributed by atoms with Gasteiger partial charge in [0.15, 0.2) is 0 Å². The molecule has 192 valence electrons. The van der Waals surface area contributed by atoms with Crippen molar-refractivity contribution >= 4 is 22.6 Å². The molecule has 1 saturated carbocycles. The molecular weight excluding hydrogens is 464 g/mol. The molecule has 37 heavy (non-hydrogen) atoms. The number of methoxy groups -OCH3 is 1. The number of hydrogen-bond acceptors (Lipinski definition) is 5. The monoisotopic (exact) mass is 498 g/mol. The Labute approximate surface area is 217 Å². The van der Waals surface area contributed by atoms with Crippen molar-refractivity contribution in [1.29, 1.82) is 0 Å². The highest BCUT2D eigenvalue weighted by Crippen LogP contribution is 2.41. The maximum Gasteiger partial charge on any atom is 0.227 e. The number of piperidine rings is 1. The molecule has 1 saturated heterocycles. The van der Waals surface area contributed by atoms with E-state index in [2.05, 4.69) is 27.9 Å². The number of rotatable bonds is 5. The zero-order valence-corrected chi connectivity index (χ0v) is 21.8. The molecular formula is C30H34N4O3. The molecule has 2 aromatic carbocycles. The number of aryl methyl sites for hydroxylation is 2. The number of benzene rings is 2. The van der Waals surface area contributed by atoms with Crippen LogP contribution in [0.5, 0.6) is 0 Å². The largest absolute Gasteiger partial charge is 0.381 e. The summed E-state index contributed by atoms with van der Waals surface area (Å²) in [7, 11) is 1.81. The predicted molar refractivity (Wildman–Crippen MR) is 144 cm³/mol.